The monoisotopic (exact) mass is 384 g/mol. The Balaban J connectivity index is 1.63. The van der Waals surface area contributed by atoms with E-state index >= 15 is 0 Å². The van der Waals surface area contributed by atoms with Gasteiger partial charge in [0.25, 0.3) is 0 Å². The fraction of sp³-hybridized carbons (Fsp3) is 0.368. The molecule has 0 spiro atoms. The van der Waals surface area contributed by atoms with Crippen molar-refractivity contribution >= 4 is 23.2 Å². The maximum Gasteiger partial charge on any atom is 0.162 e. The van der Waals surface area contributed by atoms with Crippen molar-refractivity contribution in [2.24, 2.45) is 0 Å². The highest BCUT2D eigenvalue weighted by atomic mass is 35.5. The predicted octanol–water partition coefficient (Wildman–Crippen LogP) is 4.96. The molecule has 4 nitrogen and oxygen atoms in total. The molecule has 0 saturated carbocycles. The van der Waals surface area contributed by atoms with Crippen molar-refractivity contribution < 1.29 is 18.9 Å². The van der Waals surface area contributed by atoms with Crippen LogP contribution in [0.5, 0.6) is 11.5 Å². The summed E-state index contributed by atoms with van der Waals surface area (Å²) in [5.41, 5.74) is 1.97. The van der Waals surface area contributed by atoms with Gasteiger partial charge in [-0.1, -0.05) is 59.6 Å². The second-order valence-electron chi connectivity index (χ2n) is 5.18. The molecule has 0 aliphatic rings. The van der Waals surface area contributed by atoms with Crippen molar-refractivity contribution in [1.82, 2.24) is 0 Å². The Hall–Kier alpha value is -1.46. The van der Waals surface area contributed by atoms with Gasteiger partial charge in [0.15, 0.2) is 12.1 Å². The smallest absolute Gasteiger partial charge is 0.162 e. The molecule has 0 amide bonds. The summed E-state index contributed by atoms with van der Waals surface area (Å²) in [5.74, 6) is 1.51. The van der Waals surface area contributed by atoms with Crippen LogP contribution in [0.1, 0.15) is 17.5 Å². The van der Waals surface area contributed by atoms with E-state index in [0.717, 1.165) is 29.0 Å². The van der Waals surface area contributed by atoms with Crippen molar-refractivity contribution in [2.75, 3.05) is 25.3 Å². The van der Waals surface area contributed by atoms with Crippen LogP contribution in [0, 0.1) is 0 Å². The number of alkyl halides is 2. The maximum atomic E-state index is 5.68. The van der Waals surface area contributed by atoms with Crippen molar-refractivity contribution in [1.29, 1.82) is 0 Å². The number of halogens is 2. The zero-order chi connectivity index (χ0) is 17.7. The topological polar surface area (TPSA) is 36.9 Å². The minimum absolute atomic E-state index is 0.125. The molecule has 0 fully saturated rings. The summed E-state index contributed by atoms with van der Waals surface area (Å²) in [6, 6.07) is 15.6. The van der Waals surface area contributed by atoms with Crippen molar-refractivity contribution in [3.63, 3.8) is 0 Å². The molecule has 0 saturated heterocycles. The van der Waals surface area contributed by atoms with Gasteiger partial charge < -0.3 is 18.9 Å². The number of para-hydroxylation sites is 2. The number of ether oxygens (including phenoxy) is 4. The molecular weight excluding hydrogens is 363 g/mol. The normalized spacial score (nSPS) is 10.6. The first-order chi connectivity index (χ1) is 12.3. The second kappa shape index (κ2) is 12.0. The molecule has 25 heavy (non-hydrogen) atoms. The van der Waals surface area contributed by atoms with E-state index in [-0.39, 0.29) is 12.1 Å². The molecular formula is C19H22Cl2O4. The van der Waals surface area contributed by atoms with E-state index in [1.54, 1.807) is 0 Å². The van der Waals surface area contributed by atoms with E-state index in [9.17, 15) is 0 Å². The molecule has 2 aromatic carbocycles. The first kappa shape index (κ1) is 19.9. The van der Waals surface area contributed by atoms with Crippen LogP contribution in [0.2, 0.25) is 0 Å². The van der Waals surface area contributed by atoms with Gasteiger partial charge in [-0.3, -0.25) is 0 Å². The number of benzene rings is 2. The SMILES string of the molecule is ClCOc1ccccc1COCCCOCc1ccccc1OCCl. The van der Waals surface area contributed by atoms with Crippen LogP contribution in [0.15, 0.2) is 48.5 Å². The molecule has 0 atom stereocenters. The van der Waals surface area contributed by atoms with Crippen LogP contribution >= 0.6 is 23.2 Å². The molecule has 0 aromatic heterocycles. The van der Waals surface area contributed by atoms with Crippen LogP contribution in [0.25, 0.3) is 0 Å². The molecule has 0 radical (unpaired) electrons. The van der Waals surface area contributed by atoms with Crippen LogP contribution in [0.3, 0.4) is 0 Å². The number of rotatable bonds is 12. The summed E-state index contributed by atoms with van der Waals surface area (Å²) in [4.78, 5) is 0. The molecule has 0 aliphatic carbocycles. The van der Waals surface area contributed by atoms with E-state index < -0.39 is 0 Å². The Morgan fingerprint density at radius 2 is 1.08 bits per heavy atom. The van der Waals surface area contributed by atoms with Gasteiger partial charge in [-0.05, 0) is 18.6 Å². The van der Waals surface area contributed by atoms with Crippen LogP contribution < -0.4 is 9.47 Å². The first-order valence-electron chi connectivity index (χ1n) is 8.04. The van der Waals surface area contributed by atoms with E-state index in [1.165, 1.54) is 0 Å². The standard InChI is InChI=1S/C19H22Cl2O4/c20-14-24-18-8-3-1-6-16(18)12-22-10-5-11-23-13-17-7-2-4-9-19(17)25-15-21/h1-4,6-9H,5,10-15H2. The largest absolute Gasteiger partial charge is 0.478 e. The molecule has 2 rings (SSSR count). The van der Waals surface area contributed by atoms with Gasteiger partial charge in [0.1, 0.15) is 11.5 Å². The van der Waals surface area contributed by atoms with Gasteiger partial charge in [0.2, 0.25) is 0 Å². The van der Waals surface area contributed by atoms with Crippen molar-refractivity contribution in [2.45, 2.75) is 19.6 Å². The summed E-state index contributed by atoms with van der Waals surface area (Å²) in [7, 11) is 0. The van der Waals surface area contributed by atoms with Gasteiger partial charge in [-0.2, -0.15) is 0 Å². The molecule has 2 aromatic rings. The quantitative estimate of drug-likeness (QED) is 0.382. The van der Waals surface area contributed by atoms with Gasteiger partial charge in [0.05, 0.1) is 13.2 Å². The fourth-order valence-electron chi connectivity index (χ4n) is 2.27. The van der Waals surface area contributed by atoms with Crippen LogP contribution in [0.4, 0.5) is 0 Å². The lowest BCUT2D eigenvalue weighted by Gasteiger charge is -2.11. The number of hydrogen-bond acceptors (Lipinski definition) is 4. The summed E-state index contributed by atoms with van der Waals surface area (Å²) in [6.45, 7) is 2.18. The van der Waals surface area contributed by atoms with Gasteiger partial charge >= 0.3 is 0 Å². The van der Waals surface area contributed by atoms with E-state index in [1.807, 2.05) is 48.5 Å². The Morgan fingerprint density at radius 3 is 1.52 bits per heavy atom. The molecule has 0 N–H and O–H groups in total. The summed E-state index contributed by atoms with van der Waals surface area (Å²) < 4.78 is 22.1. The third-order valence-corrected chi connectivity index (χ3v) is 3.68. The van der Waals surface area contributed by atoms with Crippen molar-refractivity contribution in [3.8, 4) is 11.5 Å². The lowest BCUT2D eigenvalue weighted by molar-refractivity contribution is 0.0681. The third-order valence-electron chi connectivity index (χ3n) is 3.46. The van der Waals surface area contributed by atoms with Gasteiger partial charge in [-0.15, -0.1) is 0 Å². The van der Waals surface area contributed by atoms with E-state index in [0.29, 0.717) is 26.4 Å². The predicted molar refractivity (Wildman–Crippen MR) is 99.5 cm³/mol. The Morgan fingerprint density at radius 1 is 0.640 bits per heavy atom. The van der Waals surface area contributed by atoms with Gasteiger partial charge in [-0.25, -0.2) is 0 Å². The van der Waals surface area contributed by atoms with E-state index in [4.69, 9.17) is 42.1 Å². The zero-order valence-electron chi connectivity index (χ0n) is 14.0. The molecule has 6 heteroatoms. The third kappa shape index (κ3) is 7.12. The lowest BCUT2D eigenvalue weighted by Crippen LogP contribution is -2.03. The highest BCUT2D eigenvalue weighted by Crippen LogP contribution is 2.20. The van der Waals surface area contributed by atoms with E-state index in [2.05, 4.69) is 0 Å². The highest BCUT2D eigenvalue weighted by molar-refractivity contribution is 6.17. The van der Waals surface area contributed by atoms with Crippen LogP contribution in [-0.2, 0) is 22.7 Å². The first-order valence-corrected chi connectivity index (χ1v) is 9.11. The molecule has 0 bridgehead atoms. The lowest BCUT2D eigenvalue weighted by atomic mass is 10.2. The van der Waals surface area contributed by atoms with Crippen LogP contribution in [-0.4, -0.2) is 25.3 Å². The zero-order valence-corrected chi connectivity index (χ0v) is 15.5. The minimum atomic E-state index is 0.125. The molecule has 136 valence electrons. The minimum Gasteiger partial charge on any atom is -0.478 e. The summed E-state index contributed by atoms with van der Waals surface area (Å²) in [6.07, 6.45) is 0.803. The number of hydrogen-bond donors (Lipinski definition) is 0. The average molecular weight is 385 g/mol. The van der Waals surface area contributed by atoms with Gasteiger partial charge in [0, 0.05) is 24.3 Å². The second-order valence-corrected chi connectivity index (χ2v) is 5.62. The summed E-state index contributed by atoms with van der Waals surface area (Å²) in [5, 5.41) is 0. The highest BCUT2D eigenvalue weighted by Gasteiger charge is 2.04. The molecule has 0 unspecified atom stereocenters. The summed E-state index contributed by atoms with van der Waals surface area (Å²) >= 11 is 11.2. The maximum absolute atomic E-state index is 5.68. The Labute approximate surface area is 158 Å². The van der Waals surface area contributed by atoms with Crippen molar-refractivity contribution in [3.05, 3.63) is 59.7 Å². The fourth-order valence-corrected chi connectivity index (χ4v) is 2.51. The molecule has 0 heterocycles. The molecule has 0 aliphatic heterocycles. The Kier molecular flexibility index (Phi) is 9.52. The Bertz CT molecular complexity index is 568. The average Bonchev–Trinajstić information content (AvgIpc) is 2.64.